The van der Waals surface area contributed by atoms with Crippen molar-refractivity contribution in [2.45, 2.75) is 45.2 Å². The molecular weight excluding hydrogens is 397 g/mol. The maximum Gasteiger partial charge on any atom is 0.312 e. The Labute approximate surface area is 181 Å². The highest BCUT2D eigenvalue weighted by molar-refractivity contribution is 6.35. The molecule has 2 aromatic carbocycles. The van der Waals surface area contributed by atoms with Crippen molar-refractivity contribution < 1.29 is 18.8 Å². The number of carbonyl (C=O) groups excluding carboxylic acids is 3. The molecule has 0 radical (unpaired) electrons. The monoisotopic (exact) mass is 423 g/mol. The fraction of sp³-hybridized carbons (Fsp3) is 0.375. The molecule has 4 rings (SSSR count). The fourth-order valence-electron chi connectivity index (χ4n) is 4.26. The molecule has 2 fully saturated rings. The molecule has 0 bridgehead atoms. The van der Waals surface area contributed by atoms with E-state index in [2.05, 4.69) is 5.32 Å². The Balaban J connectivity index is 1.36. The van der Waals surface area contributed by atoms with E-state index < -0.39 is 11.8 Å². The Kier molecular flexibility index (Phi) is 6.02. The number of rotatable bonds is 5. The first kappa shape index (κ1) is 21.0. The molecule has 1 aliphatic carbocycles. The number of piperazine rings is 1. The summed E-state index contributed by atoms with van der Waals surface area (Å²) in [6.07, 6.45) is 4.20. The first-order valence-electron chi connectivity index (χ1n) is 10.7. The van der Waals surface area contributed by atoms with Crippen molar-refractivity contribution in [3.8, 4) is 0 Å². The van der Waals surface area contributed by atoms with Gasteiger partial charge in [0.05, 0.1) is 0 Å². The van der Waals surface area contributed by atoms with Crippen LogP contribution in [0.5, 0.6) is 0 Å². The number of hydrogen-bond donors (Lipinski definition) is 1. The lowest BCUT2D eigenvalue weighted by Gasteiger charge is -2.37. The molecule has 31 heavy (non-hydrogen) atoms. The van der Waals surface area contributed by atoms with Gasteiger partial charge in [0.25, 0.3) is 5.91 Å². The standard InChI is InChI=1S/C24H26FN3O3/c1-16-6-11-19(14-21(16)25)26-22(29)18-9-7-17(8-10-18)15-27-12-13-28(24(31)23(27)30)20-4-2-3-5-20/h6-11,14,20H,2-5,12-13,15H2,1H3,(H,26,29). The van der Waals surface area contributed by atoms with Crippen molar-refractivity contribution in [1.29, 1.82) is 0 Å². The highest BCUT2D eigenvalue weighted by Gasteiger charge is 2.37. The number of hydrogen-bond acceptors (Lipinski definition) is 3. The minimum absolute atomic E-state index is 0.207. The van der Waals surface area contributed by atoms with E-state index in [1.165, 1.54) is 6.07 Å². The number of nitrogens with one attached hydrogen (secondary N) is 1. The maximum absolute atomic E-state index is 13.7. The predicted molar refractivity (Wildman–Crippen MR) is 115 cm³/mol. The van der Waals surface area contributed by atoms with Crippen LogP contribution in [0.3, 0.4) is 0 Å². The van der Waals surface area contributed by atoms with E-state index in [0.29, 0.717) is 36.4 Å². The van der Waals surface area contributed by atoms with Crippen LogP contribution in [-0.4, -0.2) is 46.7 Å². The second-order valence-corrected chi connectivity index (χ2v) is 8.28. The third kappa shape index (κ3) is 4.60. The molecule has 0 atom stereocenters. The lowest BCUT2D eigenvalue weighted by Crippen LogP contribution is -2.56. The molecule has 6 nitrogen and oxygen atoms in total. The number of anilines is 1. The molecule has 0 aromatic heterocycles. The van der Waals surface area contributed by atoms with Crippen molar-refractivity contribution in [3.63, 3.8) is 0 Å². The van der Waals surface area contributed by atoms with E-state index >= 15 is 0 Å². The van der Waals surface area contributed by atoms with E-state index in [0.717, 1.165) is 31.2 Å². The fourth-order valence-corrected chi connectivity index (χ4v) is 4.26. The highest BCUT2D eigenvalue weighted by atomic mass is 19.1. The summed E-state index contributed by atoms with van der Waals surface area (Å²) in [6, 6.07) is 11.6. The summed E-state index contributed by atoms with van der Waals surface area (Å²) in [5.74, 6) is -1.58. The summed E-state index contributed by atoms with van der Waals surface area (Å²) in [5.41, 5.74) is 2.17. The number of amides is 3. The molecule has 1 saturated carbocycles. The Bertz CT molecular complexity index is 1000. The average molecular weight is 423 g/mol. The number of carbonyl (C=O) groups is 3. The van der Waals surface area contributed by atoms with E-state index in [1.807, 2.05) is 0 Å². The minimum atomic E-state index is -0.457. The Morgan fingerprint density at radius 1 is 1.03 bits per heavy atom. The van der Waals surface area contributed by atoms with Crippen molar-refractivity contribution in [2.75, 3.05) is 18.4 Å². The van der Waals surface area contributed by atoms with Crippen LogP contribution < -0.4 is 5.32 Å². The third-order valence-electron chi connectivity index (χ3n) is 6.13. The van der Waals surface area contributed by atoms with Gasteiger partial charge in [-0.1, -0.05) is 31.0 Å². The maximum atomic E-state index is 13.7. The second-order valence-electron chi connectivity index (χ2n) is 8.28. The number of nitrogens with zero attached hydrogens (tertiary/aromatic N) is 2. The summed E-state index contributed by atoms with van der Waals surface area (Å²) in [7, 11) is 0. The van der Waals surface area contributed by atoms with E-state index in [4.69, 9.17) is 0 Å². The van der Waals surface area contributed by atoms with Crippen LogP contribution >= 0.6 is 0 Å². The normalized spacial score (nSPS) is 17.4. The van der Waals surface area contributed by atoms with Crippen molar-refractivity contribution in [3.05, 3.63) is 65.0 Å². The summed E-state index contributed by atoms with van der Waals surface area (Å²) in [4.78, 5) is 40.8. The minimum Gasteiger partial charge on any atom is -0.330 e. The molecule has 1 aliphatic heterocycles. The number of benzene rings is 2. The van der Waals surface area contributed by atoms with Gasteiger partial charge in [-0.3, -0.25) is 14.4 Å². The zero-order valence-electron chi connectivity index (χ0n) is 17.6. The van der Waals surface area contributed by atoms with E-state index in [-0.39, 0.29) is 17.8 Å². The van der Waals surface area contributed by atoms with Crippen LogP contribution in [0.25, 0.3) is 0 Å². The molecule has 2 aromatic rings. The van der Waals surface area contributed by atoms with E-state index in [9.17, 15) is 18.8 Å². The SMILES string of the molecule is Cc1ccc(NC(=O)c2ccc(CN3CCN(C4CCCC4)C(=O)C3=O)cc2)cc1F. The van der Waals surface area contributed by atoms with Gasteiger partial charge >= 0.3 is 11.8 Å². The molecule has 1 saturated heterocycles. The molecule has 0 unspecified atom stereocenters. The van der Waals surface area contributed by atoms with Gasteiger partial charge in [0.2, 0.25) is 0 Å². The summed E-state index contributed by atoms with van der Waals surface area (Å²) in [6.45, 7) is 3.08. The lowest BCUT2D eigenvalue weighted by molar-refractivity contribution is -0.158. The molecule has 1 N–H and O–H groups in total. The number of aryl methyl sites for hydroxylation is 1. The molecule has 7 heteroatoms. The zero-order valence-corrected chi connectivity index (χ0v) is 17.6. The van der Waals surface area contributed by atoms with Crippen LogP contribution in [0.1, 0.15) is 47.2 Å². The molecule has 162 valence electrons. The van der Waals surface area contributed by atoms with Crippen LogP contribution in [-0.2, 0) is 16.1 Å². The van der Waals surface area contributed by atoms with Gasteiger partial charge in [-0.15, -0.1) is 0 Å². The predicted octanol–water partition coefficient (Wildman–Crippen LogP) is 3.50. The van der Waals surface area contributed by atoms with Crippen LogP contribution in [0.4, 0.5) is 10.1 Å². The van der Waals surface area contributed by atoms with Crippen LogP contribution in [0.2, 0.25) is 0 Å². The highest BCUT2D eigenvalue weighted by Crippen LogP contribution is 2.25. The Morgan fingerprint density at radius 3 is 2.42 bits per heavy atom. The third-order valence-corrected chi connectivity index (χ3v) is 6.13. The largest absolute Gasteiger partial charge is 0.330 e. The van der Waals surface area contributed by atoms with Gasteiger partial charge in [0, 0.05) is 36.9 Å². The van der Waals surface area contributed by atoms with Crippen molar-refractivity contribution >= 4 is 23.4 Å². The zero-order chi connectivity index (χ0) is 22.0. The van der Waals surface area contributed by atoms with Gasteiger partial charge in [0.15, 0.2) is 0 Å². The topological polar surface area (TPSA) is 69.7 Å². The smallest absolute Gasteiger partial charge is 0.312 e. The summed E-state index contributed by atoms with van der Waals surface area (Å²) in [5, 5.41) is 2.68. The Morgan fingerprint density at radius 2 is 1.74 bits per heavy atom. The first-order valence-corrected chi connectivity index (χ1v) is 10.7. The summed E-state index contributed by atoms with van der Waals surface area (Å²) < 4.78 is 13.7. The van der Waals surface area contributed by atoms with Gasteiger partial charge in [-0.25, -0.2) is 4.39 Å². The van der Waals surface area contributed by atoms with Crippen molar-refractivity contribution in [2.24, 2.45) is 0 Å². The van der Waals surface area contributed by atoms with Crippen molar-refractivity contribution in [1.82, 2.24) is 9.80 Å². The summed E-state index contributed by atoms with van der Waals surface area (Å²) >= 11 is 0. The van der Waals surface area contributed by atoms with Gasteiger partial charge < -0.3 is 15.1 Å². The number of halogens is 1. The quantitative estimate of drug-likeness (QED) is 0.749. The van der Waals surface area contributed by atoms with Crippen LogP contribution in [0, 0.1) is 12.7 Å². The molecule has 0 spiro atoms. The molecular formula is C24H26FN3O3. The molecule has 3 amide bonds. The van der Waals surface area contributed by atoms with Gasteiger partial charge in [-0.2, -0.15) is 0 Å². The molecule has 2 aliphatic rings. The average Bonchev–Trinajstić information content (AvgIpc) is 3.29. The second kappa shape index (κ2) is 8.88. The van der Waals surface area contributed by atoms with E-state index in [1.54, 1.807) is 53.1 Å². The lowest BCUT2D eigenvalue weighted by atomic mass is 10.1. The first-order chi connectivity index (χ1) is 14.9. The van der Waals surface area contributed by atoms with Gasteiger partial charge in [-0.05, 0) is 55.2 Å². The Hall–Kier alpha value is -3.22. The molecule has 1 heterocycles. The van der Waals surface area contributed by atoms with Gasteiger partial charge in [0.1, 0.15) is 5.82 Å². The van der Waals surface area contributed by atoms with Crippen LogP contribution in [0.15, 0.2) is 42.5 Å².